The van der Waals surface area contributed by atoms with Crippen molar-refractivity contribution in [2.45, 2.75) is 76.5 Å². The highest BCUT2D eigenvalue weighted by atomic mass is 16.5. The first kappa shape index (κ1) is 14.3. The van der Waals surface area contributed by atoms with Crippen LogP contribution in [0.5, 0.6) is 0 Å². The number of hydrogen-bond donors (Lipinski definition) is 1. The van der Waals surface area contributed by atoms with Gasteiger partial charge in [0.05, 0.1) is 12.2 Å². The van der Waals surface area contributed by atoms with Gasteiger partial charge in [0.15, 0.2) is 0 Å². The van der Waals surface area contributed by atoms with Gasteiger partial charge in [-0.3, -0.25) is 4.90 Å². The van der Waals surface area contributed by atoms with E-state index in [1.807, 2.05) is 0 Å². The summed E-state index contributed by atoms with van der Waals surface area (Å²) in [6.07, 6.45) is 9.93. The van der Waals surface area contributed by atoms with Gasteiger partial charge >= 0.3 is 0 Å². The molecule has 106 valence electrons. The third-order valence-electron chi connectivity index (χ3n) is 4.47. The van der Waals surface area contributed by atoms with Crippen LogP contribution in [-0.4, -0.2) is 48.0 Å². The molecule has 1 N–H and O–H groups in total. The van der Waals surface area contributed by atoms with E-state index in [0.717, 1.165) is 26.1 Å². The zero-order valence-electron chi connectivity index (χ0n) is 11.8. The lowest BCUT2D eigenvalue weighted by Gasteiger charge is -2.41. The summed E-state index contributed by atoms with van der Waals surface area (Å²) in [5, 5.41) is 10.4. The Labute approximate surface area is 112 Å². The molecule has 0 aromatic heterocycles. The zero-order valence-corrected chi connectivity index (χ0v) is 11.8. The van der Waals surface area contributed by atoms with Crippen molar-refractivity contribution in [2.24, 2.45) is 0 Å². The predicted molar refractivity (Wildman–Crippen MR) is 73.7 cm³/mol. The molecule has 1 heterocycles. The minimum Gasteiger partial charge on any atom is -0.391 e. The summed E-state index contributed by atoms with van der Waals surface area (Å²) in [6.45, 7) is 5.05. The molecule has 3 nitrogen and oxygen atoms in total. The molecule has 0 aromatic rings. The molecule has 1 saturated heterocycles. The van der Waals surface area contributed by atoms with Crippen LogP contribution in [0.3, 0.4) is 0 Å². The maximum atomic E-state index is 10.4. The second-order valence-electron chi connectivity index (χ2n) is 5.84. The van der Waals surface area contributed by atoms with Crippen molar-refractivity contribution >= 4 is 0 Å². The molecule has 1 saturated carbocycles. The molecule has 0 bridgehead atoms. The molecule has 2 rings (SSSR count). The standard InChI is InChI=1S/C15H29NO2/c1-2-18-13-8-7-11-16(12-13)14-9-5-3-4-6-10-15(14)17/h13-15,17H,2-12H2,1H3. The van der Waals surface area contributed by atoms with E-state index in [9.17, 15) is 5.11 Å². The number of likely N-dealkylation sites (tertiary alicyclic amines) is 1. The highest BCUT2D eigenvalue weighted by molar-refractivity contribution is 4.85. The van der Waals surface area contributed by atoms with Crippen LogP contribution in [0, 0.1) is 0 Å². The Bertz CT molecular complexity index is 233. The van der Waals surface area contributed by atoms with E-state index in [1.165, 1.54) is 44.9 Å². The van der Waals surface area contributed by atoms with Gasteiger partial charge in [-0.2, -0.15) is 0 Å². The van der Waals surface area contributed by atoms with Crippen LogP contribution >= 0.6 is 0 Å². The van der Waals surface area contributed by atoms with Crippen LogP contribution in [-0.2, 0) is 4.74 Å². The zero-order chi connectivity index (χ0) is 12.8. The SMILES string of the molecule is CCOC1CCCN(C2CCCCCCC2O)C1. The van der Waals surface area contributed by atoms with Gasteiger partial charge in [-0.05, 0) is 39.2 Å². The van der Waals surface area contributed by atoms with E-state index in [-0.39, 0.29) is 6.10 Å². The topological polar surface area (TPSA) is 32.7 Å². The lowest BCUT2D eigenvalue weighted by atomic mass is 9.91. The quantitative estimate of drug-likeness (QED) is 0.841. The second kappa shape index (κ2) is 7.46. The molecule has 0 amide bonds. The molecule has 0 spiro atoms. The average molecular weight is 255 g/mol. The van der Waals surface area contributed by atoms with Crippen LogP contribution in [0.4, 0.5) is 0 Å². The van der Waals surface area contributed by atoms with Crippen LogP contribution in [0.15, 0.2) is 0 Å². The lowest BCUT2D eigenvalue weighted by Crippen LogP contribution is -2.50. The van der Waals surface area contributed by atoms with E-state index in [2.05, 4.69) is 11.8 Å². The van der Waals surface area contributed by atoms with Crippen LogP contribution in [0.2, 0.25) is 0 Å². The molecular formula is C15H29NO2. The minimum absolute atomic E-state index is 0.120. The molecule has 2 aliphatic rings. The lowest BCUT2D eigenvalue weighted by molar-refractivity contribution is -0.0386. The maximum Gasteiger partial charge on any atom is 0.0702 e. The number of ether oxygens (including phenoxy) is 1. The van der Waals surface area contributed by atoms with E-state index < -0.39 is 0 Å². The summed E-state index contributed by atoms with van der Waals surface area (Å²) >= 11 is 0. The third-order valence-corrected chi connectivity index (χ3v) is 4.47. The maximum absolute atomic E-state index is 10.4. The number of piperidine rings is 1. The monoisotopic (exact) mass is 255 g/mol. The molecule has 18 heavy (non-hydrogen) atoms. The molecular weight excluding hydrogens is 226 g/mol. The summed E-state index contributed by atoms with van der Waals surface area (Å²) in [5.41, 5.74) is 0. The minimum atomic E-state index is -0.120. The number of rotatable bonds is 3. The second-order valence-corrected chi connectivity index (χ2v) is 5.84. The molecule has 0 radical (unpaired) electrons. The normalized spacial score (nSPS) is 36.0. The van der Waals surface area contributed by atoms with E-state index in [0.29, 0.717) is 12.1 Å². The Hall–Kier alpha value is -0.120. The summed E-state index contributed by atoms with van der Waals surface area (Å²) in [7, 11) is 0. The van der Waals surface area contributed by atoms with Crippen molar-refractivity contribution in [1.29, 1.82) is 0 Å². The largest absolute Gasteiger partial charge is 0.391 e. The highest BCUT2D eigenvalue weighted by Crippen LogP contribution is 2.25. The smallest absolute Gasteiger partial charge is 0.0702 e. The van der Waals surface area contributed by atoms with E-state index in [1.54, 1.807) is 0 Å². The fourth-order valence-electron chi connectivity index (χ4n) is 3.51. The molecule has 1 aliphatic heterocycles. The summed E-state index contributed by atoms with van der Waals surface area (Å²) in [6, 6.07) is 0.383. The molecule has 3 atom stereocenters. The number of aliphatic hydroxyl groups is 1. The predicted octanol–water partition coefficient (Wildman–Crippen LogP) is 2.57. The number of hydrogen-bond acceptors (Lipinski definition) is 3. The molecule has 1 aliphatic carbocycles. The van der Waals surface area contributed by atoms with Gasteiger partial charge in [-0.25, -0.2) is 0 Å². The fraction of sp³-hybridized carbons (Fsp3) is 1.00. The number of nitrogens with zero attached hydrogens (tertiary/aromatic N) is 1. The Morgan fingerprint density at radius 3 is 2.61 bits per heavy atom. The fourth-order valence-corrected chi connectivity index (χ4v) is 3.51. The van der Waals surface area contributed by atoms with Gasteiger partial charge < -0.3 is 9.84 Å². The van der Waals surface area contributed by atoms with Crippen molar-refractivity contribution in [3.05, 3.63) is 0 Å². The molecule has 3 heteroatoms. The van der Waals surface area contributed by atoms with Crippen LogP contribution in [0.1, 0.15) is 58.3 Å². The van der Waals surface area contributed by atoms with Gasteiger partial charge in [0.2, 0.25) is 0 Å². The Morgan fingerprint density at radius 1 is 1.06 bits per heavy atom. The first-order valence-corrected chi connectivity index (χ1v) is 7.85. The van der Waals surface area contributed by atoms with Gasteiger partial charge in [-0.15, -0.1) is 0 Å². The Kier molecular flexibility index (Phi) is 5.93. The van der Waals surface area contributed by atoms with Crippen LogP contribution in [0.25, 0.3) is 0 Å². The van der Waals surface area contributed by atoms with Gasteiger partial charge in [0.25, 0.3) is 0 Å². The third kappa shape index (κ3) is 3.94. The van der Waals surface area contributed by atoms with Crippen molar-refractivity contribution in [2.75, 3.05) is 19.7 Å². The van der Waals surface area contributed by atoms with E-state index in [4.69, 9.17) is 4.74 Å². The van der Waals surface area contributed by atoms with Gasteiger partial charge in [0, 0.05) is 19.2 Å². The van der Waals surface area contributed by atoms with Gasteiger partial charge in [-0.1, -0.05) is 25.7 Å². The Balaban J connectivity index is 1.90. The molecule has 3 unspecified atom stereocenters. The summed E-state index contributed by atoms with van der Waals surface area (Å²) < 4.78 is 5.77. The molecule has 2 fully saturated rings. The van der Waals surface area contributed by atoms with Crippen molar-refractivity contribution in [1.82, 2.24) is 4.90 Å². The Morgan fingerprint density at radius 2 is 1.83 bits per heavy atom. The summed E-state index contributed by atoms with van der Waals surface area (Å²) in [5.74, 6) is 0. The first-order valence-electron chi connectivity index (χ1n) is 7.85. The average Bonchev–Trinajstić information content (AvgIpc) is 2.35. The van der Waals surface area contributed by atoms with Crippen molar-refractivity contribution < 1.29 is 9.84 Å². The van der Waals surface area contributed by atoms with Crippen molar-refractivity contribution in [3.8, 4) is 0 Å². The summed E-state index contributed by atoms with van der Waals surface area (Å²) in [4.78, 5) is 2.50. The van der Waals surface area contributed by atoms with E-state index >= 15 is 0 Å². The van der Waals surface area contributed by atoms with Crippen molar-refractivity contribution in [3.63, 3.8) is 0 Å². The van der Waals surface area contributed by atoms with Crippen LogP contribution < -0.4 is 0 Å². The highest BCUT2D eigenvalue weighted by Gasteiger charge is 2.30. The first-order chi connectivity index (χ1) is 8.81. The van der Waals surface area contributed by atoms with Gasteiger partial charge in [0.1, 0.15) is 0 Å². The number of aliphatic hydroxyl groups excluding tert-OH is 1. The molecule has 0 aromatic carbocycles.